The molecule has 0 aliphatic heterocycles. The maximum Gasteiger partial charge on any atom is 0.0457 e. The molecule has 0 unspecified atom stereocenters. The molecule has 2 N–H and O–H groups in total. The normalized spacial score (nSPS) is 10.6. The molecule has 0 fully saturated rings. The minimum atomic E-state index is 0.848. The molecule has 1 aromatic heterocycles. The van der Waals surface area contributed by atoms with Crippen molar-refractivity contribution in [2.45, 2.75) is 6.54 Å². The zero-order valence-electron chi connectivity index (χ0n) is 8.09. The summed E-state index contributed by atoms with van der Waals surface area (Å²) in [5, 5.41) is 4.60. The number of nitrogens with one attached hydrogen (secondary N) is 2. The van der Waals surface area contributed by atoms with Crippen LogP contribution in [0, 0.1) is 0 Å². The van der Waals surface area contributed by atoms with Gasteiger partial charge in [-0.2, -0.15) is 0 Å². The van der Waals surface area contributed by atoms with Gasteiger partial charge in [0.15, 0.2) is 0 Å². The Balaban J connectivity index is 2.23. The van der Waals surface area contributed by atoms with E-state index in [9.17, 15) is 0 Å². The monoisotopic (exact) mass is 186 g/mol. The fraction of sp³-hybridized carbons (Fsp3) is 0.167. The van der Waals surface area contributed by atoms with Crippen molar-refractivity contribution in [3.05, 3.63) is 48.7 Å². The summed E-state index contributed by atoms with van der Waals surface area (Å²) in [5.74, 6) is 0. The highest BCUT2D eigenvalue weighted by Crippen LogP contribution is 2.16. The first kappa shape index (κ1) is 9.03. The SMILES string of the molecule is C=CCNCc1cccc2[nH]ccc12. The van der Waals surface area contributed by atoms with E-state index >= 15 is 0 Å². The number of benzene rings is 1. The Morgan fingerprint density at radius 3 is 3.14 bits per heavy atom. The van der Waals surface area contributed by atoms with Gasteiger partial charge in [0.05, 0.1) is 0 Å². The van der Waals surface area contributed by atoms with Crippen LogP contribution in [-0.4, -0.2) is 11.5 Å². The standard InChI is InChI=1S/C12H14N2/c1-2-7-13-9-10-4-3-5-12-11(10)6-8-14-12/h2-6,8,13-14H,1,7,9H2. The molecule has 0 amide bonds. The molecular formula is C12H14N2. The van der Waals surface area contributed by atoms with E-state index in [1.807, 2.05) is 12.3 Å². The van der Waals surface area contributed by atoms with Crippen LogP contribution >= 0.6 is 0 Å². The highest BCUT2D eigenvalue weighted by Gasteiger charge is 1.99. The largest absolute Gasteiger partial charge is 0.361 e. The highest BCUT2D eigenvalue weighted by molar-refractivity contribution is 5.82. The van der Waals surface area contributed by atoms with Gasteiger partial charge in [-0.25, -0.2) is 0 Å². The van der Waals surface area contributed by atoms with Gasteiger partial charge in [0, 0.05) is 30.2 Å². The molecule has 0 aliphatic rings. The van der Waals surface area contributed by atoms with Gasteiger partial charge < -0.3 is 10.3 Å². The van der Waals surface area contributed by atoms with Gasteiger partial charge in [0.1, 0.15) is 0 Å². The van der Waals surface area contributed by atoms with E-state index in [0.717, 1.165) is 13.1 Å². The van der Waals surface area contributed by atoms with Crippen LogP contribution in [0.5, 0.6) is 0 Å². The van der Waals surface area contributed by atoms with Gasteiger partial charge >= 0.3 is 0 Å². The Morgan fingerprint density at radius 2 is 2.29 bits per heavy atom. The van der Waals surface area contributed by atoms with Crippen LogP contribution in [0.25, 0.3) is 10.9 Å². The summed E-state index contributed by atoms with van der Waals surface area (Å²) in [6.07, 6.45) is 3.85. The number of rotatable bonds is 4. The summed E-state index contributed by atoms with van der Waals surface area (Å²) in [4.78, 5) is 3.20. The molecule has 0 aliphatic carbocycles. The van der Waals surface area contributed by atoms with Crippen LogP contribution in [0.4, 0.5) is 0 Å². The molecule has 0 radical (unpaired) electrons. The Kier molecular flexibility index (Phi) is 2.65. The summed E-state index contributed by atoms with van der Waals surface area (Å²) in [5.41, 5.74) is 2.52. The van der Waals surface area contributed by atoms with Gasteiger partial charge in [0.25, 0.3) is 0 Å². The molecule has 0 saturated carbocycles. The number of fused-ring (bicyclic) bond motifs is 1. The van der Waals surface area contributed by atoms with Crippen LogP contribution in [0.3, 0.4) is 0 Å². The molecule has 0 spiro atoms. The van der Waals surface area contributed by atoms with Crippen LogP contribution in [0.15, 0.2) is 43.1 Å². The number of hydrogen-bond donors (Lipinski definition) is 2. The van der Waals surface area contributed by atoms with E-state index in [1.54, 1.807) is 0 Å². The van der Waals surface area contributed by atoms with Crippen LogP contribution in [0.2, 0.25) is 0 Å². The topological polar surface area (TPSA) is 27.8 Å². The second-order valence-electron chi connectivity index (χ2n) is 3.28. The van der Waals surface area contributed by atoms with E-state index < -0.39 is 0 Å². The number of aromatic nitrogens is 1. The lowest BCUT2D eigenvalue weighted by Crippen LogP contribution is -2.12. The number of H-pyrrole nitrogens is 1. The minimum absolute atomic E-state index is 0.848. The Hall–Kier alpha value is -1.54. The van der Waals surface area contributed by atoms with Crippen LogP contribution in [-0.2, 0) is 6.54 Å². The van der Waals surface area contributed by atoms with Gasteiger partial charge in [-0.3, -0.25) is 0 Å². The number of hydrogen-bond acceptors (Lipinski definition) is 1. The van der Waals surface area contributed by atoms with E-state index in [-0.39, 0.29) is 0 Å². The molecule has 0 bridgehead atoms. The fourth-order valence-corrected chi connectivity index (χ4v) is 1.61. The summed E-state index contributed by atoms with van der Waals surface area (Å²) >= 11 is 0. The van der Waals surface area contributed by atoms with Crippen LogP contribution in [0.1, 0.15) is 5.56 Å². The lowest BCUT2D eigenvalue weighted by atomic mass is 10.1. The number of aromatic amines is 1. The van der Waals surface area contributed by atoms with Gasteiger partial charge in [-0.15, -0.1) is 6.58 Å². The molecule has 2 rings (SSSR count). The second-order valence-corrected chi connectivity index (χ2v) is 3.28. The molecule has 2 aromatic rings. The predicted octanol–water partition coefficient (Wildman–Crippen LogP) is 2.44. The minimum Gasteiger partial charge on any atom is -0.361 e. The van der Waals surface area contributed by atoms with Gasteiger partial charge in [-0.05, 0) is 17.7 Å². The van der Waals surface area contributed by atoms with Crippen molar-refractivity contribution >= 4 is 10.9 Å². The van der Waals surface area contributed by atoms with Gasteiger partial charge in [-0.1, -0.05) is 18.2 Å². The highest BCUT2D eigenvalue weighted by atomic mass is 14.8. The summed E-state index contributed by atoms with van der Waals surface area (Å²) in [6.45, 7) is 5.41. The Labute approximate surface area is 83.6 Å². The third-order valence-corrected chi connectivity index (χ3v) is 2.29. The zero-order valence-corrected chi connectivity index (χ0v) is 8.09. The fourth-order valence-electron chi connectivity index (χ4n) is 1.61. The van der Waals surface area contributed by atoms with Crippen molar-refractivity contribution in [3.63, 3.8) is 0 Å². The van der Waals surface area contributed by atoms with Crippen molar-refractivity contribution in [3.8, 4) is 0 Å². The molecule has 14 heavy (non-hydrogen) atoms. The molecule has 2 nitrogen and oxygen atoms in total. The maximum atomic E-state index is 3.68. The average Bonchev–Trinajstić information content (AvgIpc) is 2.67. The van der Waals surface area contributed by atoms with Crippen molar-refractivity contribution in [2.75, 3.05) is 6.54 Å². The summed E-state index contributed by atoms with van der Waals surface area (Å²) in [6, 6.07) is 8.42. The Morgan fingerprint density at radius 1 is 1.36 bits per heavy atom. The zero-order chi connectivity index (χ0) is 9.80. The molecule has 0 atom stereocenters. The maximum absolute atomic E-state index is 3.68. The molecule has 0 saturated heterocycles. The van der Waals surface area contributed by atoms with E-state index in [1.165, 1.54) is 16.5 Å². The van der Waals surface area contributed by atoms with Crippen molar-refractivity contribution < 1.29 is 0 Å². The van der Waals surface area contributed by atoms with E-state index in [4.69, 9.17) is 0 Å². The first-order valence-corrected chi connectivity index (χ1v) is 4.78. The molecule has 2 heteroatoms. The van der Waals surface area contributed by atoms with Gasteiger partial charge in [0.2, 0.25) is 0 Å². The van der Waals surface area contributed by atoms with Crippen molar-refractivity contribution in [1.82, 2.24) is 10.3 Å². The first-order chi connectivity index (χ1) is 6.92. The van der Waals surface area contributed by atoms with Crippen LogP contribution < -0.4 is 5.32 Å². The molecular weight excluding hydrogens is 172 g/mol. The van der Waals surface area contributed by atoms with E-state index in [0.29, 0.717) is 0 Å². The van der Waals surface area contributed by atoms with Crippen molar-refractivity contribution in [1.29, 1.82) is 0 Å². The second kappa shape index (κ2) is 4.11. The lowest BCUT2D eigenvalue weighted by molar-refractivity contribution is 0.765. The predicted molar refractivity (Wildman–Crippen MR) is 60.2 cm³/mol. The lowest BCUT2D eigenvalue weighted by Gasteiger charge is -2.03. The molecule has 72 valence electrons. The first-order valence-electron chi connectivity index (χ1n) is 4.78. The quantitative estimate of drug-likeness (QED) is 0.557. The van der Waals surface area contributed by atoms with Crippen molar-refractivity contribution in [2.24, 2.45) is 0 Å². The molecule has 1 aromatic carbocycles. The van der Waals surface area contributed by atoms with E-state index in [2.05, 4.69) is 41.1 Å². The third-order valence-electron chi connectivity index (χ3n) is 2.29. The Bertz CT molecular complexity index is 429. The summed E-state index contributed by atoms with van der Waals surface area (Å²) < 4.78 is 0. The average molecular weight is 186 g/mol. The summed E-state index contributed by atoms with van der Waals surface area (Å²) in [7, 11) is 0. The molecule has 1 heterocycles. The third kappa shape index (κ3) is 1.70. The smallest absolute Gasteiger partial charge is 0.0457 e.